The van der Waals surface area contributed by atoms with E-state index in [1.54, 1.807) is 18.3 Å². The average molecular weight is 301 g/mol. The molecule has 0 spiro atoms. The molecule has 4 nitrogen and oxygen atoms in total. The third-order valence-corrected chi connectivity index (χ3v) is 3.23. The standard InChI is InChI=1S/C11H10Cl2N4S/c1-17(7-5-8(12)15-9(13)6-7)10-3-4-14-11(16-10)18-2/h3-6H,1-2H3. The summed E-state index contributed by atoms with van der Waals surface area (Å²) in [6.45, 7) is 0. The average Bonchev–Trinajstić information content (AvgIpc) is 2.37. The molecule has 18 heavy (non-hydrogen) atoms. The van der Waals surface area contributed by atoms with Crippen LogP contribution in [-0.4, -0.2) is 28.3 Å². The molecule has 94 valence electrons. The summed E-state index contributed by atoms with van der Waals surface area (Å²) in [5, 5.41) is 1.41. The van der Waals surface area contributed by atoms with Crippen LogP contribution in [0.5, 0.6) is 0 Å². The van der Waals surface area contributed by atoms with Gasteiger partial charge in [0.05, 0.1) is 0 Å². The molecule has 0 fully saturated rings. The molecule has 0 saturated carbocycles. The lowest BCUT2D eigenvalue weighted by Gasteiger charge is -2.18. The van der Waals surface area contributed by atoms with Crippen LogP contribution in [0.3, 0.4) is 0 Å². The Kier molecular flexibility index (Phi) is 4.27. The van der Waals surface area contributed by atoms with Gasteiger partial charge in [0.2, 0.25) is 0 Å². The molecule has 2 aromatic heterocycles. The van der Waals surface area contributed by atoms with Gasteiger partial charge in [0.1, 0.15) is 16.1 Å². The number of hydrogen-bond donors (Lipinski definition) is 0. The van der Waals surface area contributed by atoms with E-state index in [2.05, 4.69) is 15.0 Å². The monoisotopic (exact) mass is 300 g/mol. The van der Waals surface area contributed by atoms with Gasteiger partial charge in [0.15, 0.2) is 5.16 Å². The number of halogens is 2. The van der Waals surface area contributed by atoms with Gasteiger partial charge in [-0.1, -0.05) is 35.0 Å². The lowest BCUT2D eigenvalue weighted by atomic mass is 10.3. The molecule has 0 aliphatic carbocycles. The SMILES string of the molecule is CSc1nccc(N(C)c2cc(Cl)nc(Cl)c2)n1. The van der Waals surface area contributed by atoms with E-state index in [4.69, 9.17) is 23.2 Å². The summed E-state index contributed by atoms with van der Waals surface area (Å²) < 4.78 is 0. The van der Waals surface area contributed by atoms with Gasteiger partial charge in [-0.05, 0) is 24.5 Å². The minimum absolute atomic E-state index is 0.350. The van der Waals surface area contributed by atoms with Crippen molar-refractivity contribution in [3.05, 3.63) is 34.7 Å². The number of aromatic nitrogens is 3. The number of hydrogen-bond acceptors (Lipinski definition) is 5. The molecular formula is C11H10Cl2N4S. The Bertz CT molecular complexity index is 544. The van der Waals surface area contributed by atoms with Gasteiger partial charge >= 0.3 is 0 Å². The number of rotatable bonds is 3. The number of anilines is 2. The maximum atomic E-state index is 5.88. The second-order valence-corrected chi connectivity index (χ2v) is 4.98. The van der Waals surface area contributed by atoms with Gasteiger partial charge in [-0.25, -0.2) is 15.0 Å². The van der Waals surface area contributed by atoms with Crippen molar-refractivity contribution in [3.8, 4) is 0 Å². The molecule has 7 heteroatoms. The maximum absolute atomic E-state index is 5.88. The Morgan fingerprint density at radius 3 is 2.44 bits per heavy atom. The number of pyridine rings is 1. The van der Waals surface area contributed by atoms with Crippen molar-refractivity contribution in [3.63, 3.8) is 0 Å². The van der Waals surface area contributed by atoms with E-state index in [0.29, 0.717) is 15.5 Å². The largest absolute Gasteiger partial charge is 0.329 e. The zero-order chi connectivity index (χ0) is 13.1. The van der Waals surface area contributed by atoms with Crippen LogP contribution < -0.4 is 4.90 Å². The van der Waals surface area contributed by atoms with E-state index >= 15 is 0 Å². The molecule has 0 N–H and O–H groups in total. The van der Waals surface area contributed by atoms with E-state index < -0.39 is 0 Å². The first kappa shape index (κ1) is 13.4. The summed E-state index contributed by atoms with van der Waals surface area (Å²) in [4.78, 5) is 14.3. The Morgan fingerprint density at radius 2 is 1.83 bits per heavy atom. The molecule has 0 saturated heterocycles. The Labute approximate surface area is 119 Å². The molecule has 0 atom stereocenters. The van der Waals surface area contributed by atoms with Crippen molar-refractivity contribution in [1.82, 2.24) is 15.0 Å². The van der Waals surface area contributed by atoms with E-state index in [0.717, 1.165) is 11.5 Å². The summed E-state index contributed by atoms with van der Waals surface area (Å²) in [6.07, 6.45) is 3.65. The highest BCUT2D eigenvalue weighted by molar-refractivity contribution is 7.98. The molecule has 2 heterocycles. The lowest BCUT2D eigenvalue weighted by molar-refractivity contribution is 0.945. The van der Waals surface area contributed by atoms with Gasteiger partial charge in [0.25, 0.3) is 0 Å². The van der Waals surface area contributed by atoms with Crippen LogP contribution >= 0.6 is 35.0 Å². The highest BCUT2D eigenvalue weighted by Gasteiger charge is 2.09. The van der Waals surface area contributed by atoms with Crippen LogP contribution in [-0.2, 0) is 0 Å². The second kappa shape index (κ2) is 5.73. The topological polar surface area (TPSA) is 41.9 Å². The lowest BCUT2D eigenvalue weighted by Crippen LogP contribution is -2.12. The Morgan fingerprint density at radius 1 is 1.17 bits per heavy atom. The number of thioether (sulfide) groups is 1. The van der Waals surface area contributed by atoms with Gasteiger partial charge in [-0.2, -0.15) is 0 Å². The highest BCUT2D eigenvalue weighted by atomic mass is 35.5. The van der Waals surface area contributed by atoms with E-state index in [1.165, 1.54) is 11.8 Å². The third-order valence-electron chi connectivity index (χ3n) is 2.28. The van der Waals surface area contributed by atoms with Gasteiger partial charge in [-0.3, -0.25) is 0 Å². The third kappa shape index (κ3) is 3.04. The van der Waals surface area contributed by atoms with Crippen LogP contribution in [0.1, 0.15) is 0 Å². The van der Waals surface area contributed by atoms with Crippen LogP contribution in [0.15, 0.2) is 29.6 Å². The van der Waals surface area contributed by atoms with Crippen molar-refractivity contribution in [2.45, 2.75) is 5.16 Å². The molecule has 0 aliphatic heterocycles. The summed E-state index contributed by atoms with van der Waals surface area (Å²) in [5.41, 5.74) is 0.825. The molecule has 2 aromatic rings. The van der Waals surface area contributed by atoms with Gasteiger partial charge in [-0.15, -0.1) is 0 Å². The van der Waals surface area contributed by atoms with E-state index in [9.17, 15) is 0 Å². The molecule has 0 aromatic carbocycles. The van der Waals surface area contributed by atoms with E-state index in [1.807, 2.05) is 24.3 Å². The number of nitrogens with zero attached hydrogens (tertiary/aromatic N) is 4. The van der Waals surface area contributed by atoms with Crippen molar-refractivity contribution in [1.29, 1.82) is 0 Å². The van der Waals surface area contributed by atoms with E-state index in [-0.39, 0.29) is 0 Å². The van der Waals surface area contributed by atoms with Crippen LogP contribution in [0, 0.1) is 0 Å². The smallest absolute Gasteiger partial charge is 0.189 e. The van der Waals surface area contributed by atoms with Crippen molar-refractivity contribution < 1.29 is 0 Å². The van der Waals surface area contributed by atoms with Gasteiger partial charge in [0, 0.05) is 18.9 Å². The van der Waals surface area contributed by atoms with Crippen molar-refractivity contribution in [2.75, 3.05) is 18.2 Å². The maximum Gasteiger partial charge on any atom is 0.189 e. The fourth-order valence-electron chi connectivity index (χ4n) is 1.40. The van der Waals surface area contributed by atoms with Gasteiger partial charge < -0.3 is 4.90 Å². The van der Waals surface area contributed by atoms with Crippen molar-refractivity contribution >= 4 is 46.5 Å². The quantitative estimate of drug-likeness (QED) is 0.491. The molecule has 0 amide bonds. The normalized spacial score (nSPS) is 10.4. The molecular weight excluding hydrogens is 291 g/mol. The summed E-state index contributed by atoms with van der Waals surface area (Å²) in [7, 11) is 1.88. The molecule has 0 aliphatic rings. The predicted octanol–water partition coefficient (Wildman–Crippen LogP) is 3.67. The zero-order valence-electron chi connectivity index (χ0n) is 9.76. The molecule has 0 bridgehead atoms. The fraction of sp³-hybridized carbons (Fsp3) is 0.182. The predicted molar refractivity (Wildman–Crippen MR) is 76.1 cm³/mol. The van der Waals surface area contributed by atoms with Crippen LogP contribution in [0.2, 0.25) is 10.3 Å². The summed E-state index contributed by atoms with van der Waals surface area (Å²) >= 11 is 13.3. The summed E-state index contributed by atoms with van der Waals surface area (Å²) in [5.74, 6) is 0.771. The molecule has 0 unspecified atom stereocenters. The fourth-order valence-corrected chi connectivity index (χ4v) is 2.20. The first-order valence-corrected chi connectivity index (χ1v) is 7.02. The van der Waals surface area contributed by atoms with Crippen molar-refractivity contribution in [2.24, 2.45) is 0 Å². The minimum atomic E-state index is 0.350. The zero-order valence-corrected chi connectivity index (χ0v) is 12.1. The minimum Gasteiger partial charge on any atom is -0.329 e. The first-order chi connectivity index (χ1) is 8.60. The molecule has 0 radical (unpaired) electrons. The molecule has 2 rings (SSSR count). The Balaban J connectivity index is 2.37. The first-order valence-electron chi connectivity index (χ1n) is 5.04. The summed E-state index contributed by atoms with van der Waals surface area (Å²) in [6, 6.07) is 5.28. The van der Waals surface area contributed by atoms with Crippen LogP contribution in [0.4, 0.5) is 11.5 Å². The van der Waals surface area contributed by atoms with Crippen LogP contribution in [0.25, 0.3) is 0 Å². The highest BCUT2D eigenvalue weighted by Crippen LogP contribution is 2.26. The Hall–Kier alpha value is -1.04. The second-order valence-electron chi connectivity index (χ2n) is 3.43.